The highest BCUT2D eigenvalue weighted by Gasteiger charge is 2.13. The summed E-state index contributed by atoms with van der Waals surface area (Å²) < 4.78 is 0. The number of hydrogen-bond acceptors (Lipinski definition) is 2. The summed E-state index contributed by atoms with van der Waals surface area (Å²) in [6.07, 6.45) is 3.89. The zero-order valence-electron chi connectivity index (χ0n) is 8.34. The maximum Gasteiger partial charge on any atom is 0.253 e. The number of alkyl halides is 1. The summed E-state index contributed by atoms with van der Waals surface area (Å²) in [5.41, 5.74) is 0.464. The van der Waals surface area contributed by atoms with Gasteiger partial charge in [-0.1, -0.05) is 34.5 Å². The molecular weight excluding hydrogens is 279 g/mol. The van der Waals surface area contributed by atoms with E-state index in [2.05, 4.69) is 26.2 Å². The molecule has 1 heterocycles. The lowest BCUT2D eigenvalue weighted by molar-refractivity contribution is 0.0940. The van der Waals surface area contributed by atoms with Crippen molar-refractivity contribution in [3.63, 3.8) is 0 Å². The van der Waals surface area contributed by atoms with Crippen molar-refractivity contribution in [2.24, 2.45) is 0 Å². The molecule has 0 spiro atoms. The number of pyridine rings is 1. The van der Waals surface area contributed by atoms with Gasteiger partial charge in [-0.2, -0.15) is 0 Å². The van der Waals surface area contributed by atoms with Gasteiger partial charge in [-0.3, -0.25) is 9.78 Å². The third-order valence-corrected chi connectivity index (χ3v) is 3.11. The number of rotatable bonds is 4. The molecule has 1 rings (SSSR count). The lowest BCUT2D eigenvalue weighted by atomic mass is 10.2. The van der Waals surface area contributed by atoms with Crippen LogP contribution in [-0.4, -0.2) is 22.3 Å². The van der Waals surface area contributed by atoms with Crippen molar-refractivity contribution in [2.75, 3.05) is 5.33 Å². The molecule has 0 bridgehead atoms. The predicted octanol–water partition coefficient (Wildman–Crippen LogP) is 2.64. The standard InChI is InChI=1S/C10H12BrClN2O/c1-2-7(5-11)14-10(15)8-3-4-13-6-9(8)12/h3-4,6-7H,2,5H2,1H3,(H,14,15). The van der Waals surface area contributed by atoms with Crippen LogP contribution >= 0.6 is 27.5 Å². The fourth-order valence-corrected chi connectivity index (χ4v) is 1.90. The van der Waals surface area contributed by atoms with E-state index < -0.39 is 0 Å². The topological polar surface area (TPSA) is 42.0 Å². The van der Waals surface area contributed by atoms with Gasteiger partial charge in [0.25, 0.3) is 5.91 Å². The highest BCUT2D eigenvalue weighted by atomic mass is 79.9. The summed E-state index contributed by atoms with van der Waals surface area (Å²) in [5.74, 6) is -0.159. The summed E-state index contributed by atoms with van der Waals surface area (Å²) >= 11 is 9.19. The van der Waals surface area contributed by atoms with Gasteiger partial charge in [-0.15, -0.1) is 0 Å². The normalized spacial score (nSPS) is 12.2. The number of carbonyl (C=O) groups is 1. The highest BCUT2D eigenvalue weighted by molar-refractivity contribution is 9.09. The minimum absolute atomic E-state index is 0.127. The Morgan fingerprint density at radius 3 is 3.00 bits per heavy atom. The third kappa shape index (κ3) is 3.47. The first kappa shape index (κ1) is 12.5. The number of carbonyl (C=O) groups excluding carboxylic acids is 1. The Bertz CT molecular complexity index is 342. The molecule has 0 saturated carbocycles. The van der Waals surface area contributed by atoms with E-state index in [1.165, 1.54) is 6.20 Å². The van der Waals surface area contributed by atoms with Gasteiger partial charge in [-0.05, 0) is 12.5 Å². The predicted molar refractivity (Wildman–Crippen MR) is 64.6 cm³/mol. The van der Waals surface area contributed by atoms with Crippen molar-refractivity contribution in [1.29, 1.82) is 0 Å². The van der Waals surface area contributed by atoms with Crippen molar-refractivity contribution in [1.82, 2.24) is 10.3 Å². The molecule has 1 unspecified atom stereocenters. The SMILES string of the molecule is CCC(CBr)NC(=O)c1ccncc1Cl. The number of aromatic nitrogens is 1. The van der Waals surface area contributed by atoms with Crippen molar-refractivity contribution >= 4 is 33.4 Å². The summed E-state index contributed by atoms with van der Waals surface area (Å²) in [4.78, 5) is 15.6. The molecule has 1 amide bonds. The Labute approximate surface area is 102 Å². The van der Waals surface area contributed by atoms with Gasteiger partial charge in [0.2, 0.25) is 0 Å². The van der Waals surface area contributed by atoms with Gasteiger partial charge < -0.3 is 5.32 Å². The van der Waals surface area contributed by atoms with Crippen molar-refractivity contribution in [3.05, 3.63) is 29.0 Å². The molecule has 15 heavy (non-hydrogen) atoms. The average molecular weight is 292 g/mol. The molecule has 0 aromatic carbocycles. The van der Waals surface area contributed by atoms with Gasteiger partial charge in [0.1, 0.15) is 0 Å². The molecule has 3 nitrogen and oxygen atoms in total. The molecule has 5 heteroatoms. The van der Waals surface area contributed by atoms with Gasteiger partial charge in [0.15, 0.2) is 0 Å². The van der Waals surface area contributed by atoms with Gasteiger partial charge in [0.05, 0.1) is 10.6 Å². The fraction of sp³-hybridized carbons (Fsp3) is 0.400. The Kier molecular flexibility index (Phi) is 5.05. The quantitative estimate of drug-likeness (QED) is 0.867. The van der Waals surface area contributed by atoms with Crippen LogP contribution in [0, 0.1) is 0 Å². The summed E-state index contributed by atoms with van der Waals surface area (Å²) in [6.45, 7) is 2.01. The van der Waals surface area contributed by atoms with Crippen LogP contribution in [0.1, 0.15) is 23.7 Å². The Morgan fingerprint density at radius 2 is 2.47 bits per heavy atom. The van der Waals surface area contributed by atoms with E-state index in [-0.39, 0.29) is 11.9 Å². The summed E-state index contributed by atoms with van der Waals surface area (Å²) in [6, 6.07) is 1.74. The average Bonchev–Trinajstić information content (AvgIpc) is 2.26. The minimum atomic E-state index is -0.159. The first-order valence-corrected chi connectivity index (χ1v) is 6.15. The van der Waals surface area contributed by atoms with Gasteiger partial charge in [-0.25, -0.2) is 0 Å². The fourth-order valence-electron chi connectivity index (χ4n) is 1.07. The molecule has 0 aliphatic rings. The van der Waals surface area contributed by atoms with E-state index in [1.54, 1.807) is 12.3 Å². The molecule has 1 N–H and O–H groups in total. The Balaban J connectivity index is 2.73. The molecule has 1 aromatic rings. The van der Waals surface area contributed by atoms with E-state index in [0.29, 0.717) is 10.6 Å². The van der Waals surface area contributed by atoms with Crippen molar-refractivity contribution in [2.45, 2.75) is 19.4 Å². The highest BCUT2D eigenvalue weighted by Crippen LogP contribution is 2.13. The maximum absolute atomic E-state index is 11.7. The van der Waals surface area contributed by atoms with Crippen LogP contribution in [0.2, 0.25) is 5.02 Å². The van der Waals surface area contributed by atoms with Crippen LogP contribution in [0.15, 0.2) is 18.5 Å². The molecule has 1 atom stereocenters. The molecule has 0 saturated heterocycles. The van der Waals surface area contributed by atoms with Gasteiger partial charge >= 0.3 is 0 Å². The molecule has 0 radical (unpaired) electrons. The van der Waals surface area contributed by atoms with E-state index in [1.807, 2.05) is 6.92 Å². The first-order chi connectivity index (χ1) is 7.19. The second-order valence-corrected chi connectivity index (χ2v) is 4.14. The zero-order chi connectivity index (χ0) is 11.3. The molecule has 0 aliphatic carbocycles. The third-order valence-electron chi connectivity index (χ3n) is 2.03. The summed E-state index contributed by atoms with van der Waals surface area (Å²) in [5, 5.41) is 3.98. The van der Waals surface area contributed by atoms with Gasteiger partial charge in [0, 0.05) is 23.8 Å². The van der Waals surface area contributed by atoms with Crippen molar-refractivity contribution in [3.8, 4) is 0 Å². The number of halogens is 2. The maximum atomic E-state index is 11.7. The number of hydrogen-bond donors (Lipinski definition) is 1. The van der Waals surface area contributed by atoms with Crippen LogP contribution in [0.25, 0.3) is 0 Å². The lowest BCUT2D eigenvalue weighted by Crippen LogP contribution is -2.35. The largest absolute Gasteiger partial charge is 0.348 e. The molecule has 82 valence electrons. The monoisotopic (exact) mass is 290 g/mol. The number of amides is 1. The van der Waals surface area contributed by atoms with E-state index in [0.717, 1.165) is 11.8 Å². The second kappa shape index (κ2) is 6.08. The minimum Gasteiger partial charge on any atom is -0.348 e. The summed E-state index contributed by atoms with van der Waals surface area (Å²) in [7, 11) is 0. The lowest BCUT2D eigenvalue weighted by Gasteiger charge is -2.14. The van der Waals surface area contributed by atoms with Crippen LogP contribution in [-0.2, 0) is 0 Å². The van der Waals surface area contributed by atoms with Crippen molar-refractivity contribution < 1.29 is 4.79 Å². The smallest absolute Gasteiger partial charge is 0.253 e. The first-order valence-electron chi connectivity index (χ1n) is 4.65. The molecule has 0 aliphatic heterocycles. The van der Waals surface area contributed by atoms with Crippen LogP contribution in [0.3, 0.4) is 0 Å². The van der Waals surface area contributed by atoms with E-state index >= 15 is 0 Å². The molecule has 0 fully saturated rings. The van der Waals surface area contributed by atoms with Crippen LogP contribution in [0.5, 0.6) is 0 Å². The van der Waals surface area contributed by atoms with E-state index in [9.17, 15) is 4.79 Å². The molecular formula is C10H12BrClN2O. The number of nitrogens with zero attached hydrogens (tertiary/aromatic N) is 1. The second-order valence-electron chi connectivity index (χ2n) is 3.09. The van der Waals surface area contributed by atoms with E-state index in [4.69, 9.17) is 11.6 Å². The molecule has 1 aromatic heterocycles. The number of nitrogens with one attached hydrogen (secondary N) is 1. The van der Waals surface area contributed by atoms with Crippen LogP contribution < -0.4 is 5.32 Å². The van der Waals surface area contributed by atoms with Crippen LogP contribution in [0.4, 0.5) is 0 Å². The zero-order valence-corrected chi connectivity index (χ0v) is 10.7. The Morgan fingerprint density at radius 1 is 1.73 bits per heavy atom. The Hall–Kier alpha value is -0.610.